The highest BCUT2D eigenvalue weighted by Gasteiger charge is 2.10. The average molecular weight is 402 g/mol. The van der Waals surface area contributed by atoms with Crippen molar-refractivity contribution >= 4 is 57.6 Å². The average Bonchev–Trinajstić information content (AvgIpc) is 3.27. The Morgan fingerprint density at radius 1 is 1.04 bits per heavy atom. The van der Waals surface area contributed by atoms with Gasteiger partial charge in [-0.2, -0.15) is 0 Å². The van der Waals surface area contributed by atoms with E-state index in [0.717, 1.165) is 15.8 Å². The van der Waals surface area contributed by atoms with Crippen molar-refractivity contribution < 1.29 is 4.79 Å². The van der Waals surface area contributed by atoms with Gasteiger partial charge in [-0.05, 0) is 60.5 Å². The lowest BCUT2D eigenvalue weighted by atomic mass is 10.2. The van der Waals surface area contributed by atoms with Crippen molar-refractivity contribution in [1.29, 1.82) is 0 Å². The lowest BCUT2D eigenvalue weighted by Crippen LogP contribution is -2.10. The number of amides is 1. The second-order valence-corrected chi connectivity index (χ2v) is 7.55. The quantitative estimate of drug-likeness (QED) is 0.434. The van der Waals surface area contributed by atoms with E-state index in [1.807, 2.05) is 34.6 Å². The predicted molar refractivity (Wildman–Crippen MR) is 108 cm³/mol. The van der Waals surface area contributed by atoms with Gasteiger partial charge in [0.2, 0.25) is 0 Å². The molecule has 0 unspecified atom stereocenters. The van der Waals surface area contributed by atoms with Gasteiger partial charge in [0.15, 0.2) is 0 Å². The van der Waals surface area contributed by atoms with Crippen molar-refractivity contribution in [2.45, 2.75) is 4.90 Å². The summed E-state index contributed by atoms with van der Waals surface area (Å²) in [5.74, 6) is -0.205. The number of benzene rings is 2. The molecule has 1 amide bonds. The summed E-state index contributed by atoms with van der Waals surface area (Å²) in [6.45, 7) is 0. The van der Waals surface area contributed by atoms with E-state index in [0.29, 0.717) is 21.3 Å². The lowest BCUT2D eigenvalue weighted by molar-refractivity contribution is 0.102. The Bertz CT molecular complexity index is 1100. The monoisotopic (exact) mass is 401 g/mol. The first kappa shape index (κ1) is 17.1. The maximum Gasteiger partial charge on any atom is 0.257 e. The van der Waals surface area contributed by atoms with Crippen LogP contribution in [0.15, 0.2) is 72.0 Å². The van der Waals surface area contributed by atoms with Gasteiger partial charge >= 0.3 is 0 Å². The lowest BCUT2D eigenvalue weighted by Gasteiger charge is -2.05. The van der Waals surface area contributed by atoms with Crippen molar-refractivity contribution in [2.24, 2.45) is 0 Å². The summed E-state index contributed by atoms with van der Waals surface area (Å²) in [5.41, 5.74) is 2.26. The Morgan fingerprint density at radius 3 is 2.77 bits per heavy atom. The number of aromatic amines is 1. The number of anilines is 1. The van der Waals surface area contributed by atoms with Crippen LogP contribution in [-0.2, 0) is 0 Å². The summed E-state index contributed by atoms with van der Waals surface area (Å²) in [4.78, 5) is 16.7. The van der Waals surface area contributed by atoms with Crippen molar-refractivity contribution in [1.82, 2.24) is 8.96 Å². The smallest absolute Gasteiger partial charge is 0.257 e. The summed E-state index contributed by atoms with van der Waals surface area (Å²) in [6.07, 6.45) is 5.56. The topological polar surface area (TPSA) is 49.8 Å². The van der Waals surface area contributed by atoms with E-state index in [9.17, 15) is 4.79 Å². The summed E-state index contributed by atoms with van der Waals surface area (Å²) in [6, 6.07) is 15.0. The number of rotatable bonds is 4. The van der Waals surface area contributed by atoms with Gasteiger partial charge in [0.1, 0.15) is 0 Å². The molecule has 2 aromatic carbocycles. The maximum absolute atomic E-state index is 12.4. The molecule has 7 heteroatoms. The highest BCUT2D eigenvalue weighted by atomic mass is 35.5. The van der Waals surface area contributed by atoms with Gasteiger partial charge in [-0.25, -0.2) is 0 Å². The zero-order valence-electron chi connectivity index (χ0n) is 13.4. The fraction of sp³-hybridized carbons (Fsp3) is 0. The SMILES string of the molecule is O=C(Nc1ccc(Cl)c(Cl)c1)c1ccn(Sc2ccc3[nH]ccc3c2)c1. The minimum absolute atomic E-state index is 0.205. The molecular weight excluding hydrogens is 389 g/mol. The summed E-state index contributed by atoms with van der Waals surface area (Å²) in [5, 5.41) is 4.82. The number of hydrogen-bond donors (Lipinski definition) is 2. The first-order chi connectivity index (χ1) is 12.6. The highest BCUT2D eigenvalue weighted by molar-refractivity contribution is 7.97. The number of carbonyl (C=O) groups is 1. The molecule has 0 aliphatic heterocycles. The molecule has 130 valence electrons. The molecule has 0 saturated carbocycles. The first-order valence-electron chi connectivity index (χ1n) is 7.78. The molecule has 4 aromatic rings. The molecule has 0 aliphatic rings. The van der Waals surface area contributed by atoms with E-state index in [1.165, 1.54) is 11.9 Å². The van der Waals surface area contributed by atoms with Crippen molar-refractivity contribution in [3.8, 4) is 0 Å². The molecule has 0 fully saturated rings. The molecule has 0 bridgehead atoms. The molecule has 0 radical (unpaired) electrons. The van der Waals surface area contributed by atoms with Crippen LogP contribution in [-0.4, -0.2) is 14.9 Å². The molecule has 0 aliphatic carbocycles. The van der Waals surface area contributed by atoms with Gasteiger partial charge in [0.25, 0.3) is 5.91 Å². The van der Waals surface area contributed by atoms with E-state index < -0.39 is 0 Å². The number of halogens is 2. The molecule has 2 aromatic heterocycles. The molecule has 0 atom stereocenters. The van der Waals surface area contributed by atoms with E-state index in [-0.39, 0.29) is 5.91 Å². The highest BCUT2D eigenvalue weighted by Crippen LogP contribution is 2.27. The van der Waals surface area contributed by atoms with Gasteiger partial charge < -0.3 is 10.3 Å². The number of fused-ring (bicyclic) bond motifs is 1. The number of nitrogens with zero attached hydrogens (tertiary/aromatic N) is 1. The molecule has 4 nitrogen and oxygen atoms in total. The Labute approximate surface area is 164 Å². The van der Waals surface area contributed by atoms with E-state index in [1.54, 1.807) is 30.5 Å². The van der Waals surface area contributed by atoms with Crippen LogP contribution in [0.3, 0.4) is 0 Å². The molecule has 4 rings (SSSR count). The predicted octanol–water partition coefficient (Wildman–Crippen LogP) is 6.08. The Kier molecular flexibility index (Phi) is 4.68. The molecule has 26 heavy (non-hydrogen) atoms. The van der Waals surface area contributed by atoms with Gasteiger partial charge in [-0.1, -0.05) is 23.2 Å². The second kappa shape index (κ2) is 7.11. The number of nitrogens with one attached hydrogen (secondary N) is 2. The van der Waals surface area contributed by atoms with Crippen LogP contribution in [0.4, 0.5) is 5.69 Å². The summed E-state index contributed by atoms with van der Waals surface area (Å²) in [7, 11) is 0. The summed E-state index contributed by atoms with van der Waals surface area (Å²) >= 11 is 13.4. The second-order valence-electron chi connectivity index (χ2n) is 5.66. The van der Waals surface area contributed by atoms with Crippen LogP contribution in [0.1, 0.15) is 10.4 Å². The maximum atomic E-state index is 12.4. The summed E-state index contributed by atoms with van der Waals surface area (Å²) < 4.78 is 1.90. The van der Waals surface area contributed by atoms with Crippen LogP contribution in [0.25, 0.3) is 10.9 Å². The number of aromatic nitrogens is 2. The minimum Gasteiger partial charge on any atom is -0.361 e. The fourth-order valence-corrected chi connectivity index (χ4v) is 3.69. The van der Waals surface area contributed by atoms with Crippen molar-refractivity contribution in [3.63, 3.8) is 0 Å². The Morgan fingerprint density at radius 2 is 1.92 bits per heavy atom. The Balaban J connectivity index is 1.47. The van der Waals surface area contributed by atoms with Gasteiger partial charge in [-0.3, -0.25) is 8.77 Å². The molecule has 2 heterocycles. The van der Waals surface area contributed by atoms with Gasteiger partial charge in [0.05, 0.1) is 15.6 Å². The third kappa shape index (κ3) is 3.60. The standard InChI is InChI=1S/C19H13Cl2N3OS/c20-16-3-1-14(10-17(16)21)23-19(25)13-6-8-24(11-13)26-15-2-4-18-12(9-15)5-7-22-18/h1-11,22H,(H,23,25). The molecule has 0 spiro atoms. The molecule has 2 N–H and O–H groups in total. The van der Waals surface area contributed by atoms with E-state index in [4.69, 9.17) is 23.2 Å². The third-order valence-electron chi connectivity index (χ3n) is 3.84. The van der Waals surface area contributed by atoms with E-state index in [2.05, 4.69) is 16.4 Å². The van der Waals surface area contributed by atoms with Crippen LogP contribution in [0.5, 0.6) is 0 Å². The zero-order valence-corrected chi connectivity index (χ0v) is 15.7. The number of hydrogen-bond acceptors (Lipinski definition) is 2. The van der Waals surface area contributed by atoms with Crippen LogP contribution in [0.2, 0.25) is 10.0 Å². The van der Waals surface area contributed by atoms with Crippen LogP contribution < -0.4 is 5.32 Å². The van der Waals surface area contributed by atoms with Crippen molar-refractivity contribution in [2.75, 3.05) is 5.32 Å². The Hall–Kier alpha value is -2.34. The molecular formula is C19H13Cl2N3OS. The third-order valence-corrected chi connectivity index (χ3v) is 5.48. The number of carbonyl (C=O) groups excluding carboxylic acids is 1. The largest absolute Gasteiger partial charge is 0.361 e. The first-order valence-corrected chi connectivity index (χ1v) is 9.31. The van der Waals surface area contributed by atoms with Crippen molar-refractivity contribution in [3.05, 3.63) is 82.7 Å². The number of H-pyrrole nitrogens is 1. The zero-order chi connectivity index (χ0) is 18.1. The van der Waals surface area contributed by atoms with E-state index >= 15 is 0 Å². The van der Waals surface area contributed by atoms with Gasteiger partial charge in [0, 0.05) is 40.1 Å². The fourth-order valence-electron chi connectivity index (χ4n) is 2.56. The van der Waals surface area contributed by atoms with Crippen LogP contribution in [0, 0.1) is 0 Å². The van der Waals surface area contributed by atoms with Crippen LogP contribution >= 0.6 is 35.1 Å². The van der Waals surface area contributed by atoms with Gasteiger partial charge in [-0.15, -0.1) is 0 Å². The molecule has 0 saturated heterocycles. The normalized spacial score (nSPS) is 11.0. The minimum atomic E-state index is -0.205.